The van der Waals surface area contributed by atoms with Gasteiger partial charge >= 0.3 is 0 Å². The molecule has 92 valence electrons. The smallest absolute Gasteiger partial charge is 0.0281 e. The minimum Gasteiger partial charge on any atom is -0.314 e. The first-order valence-corrected chi connectivity index (χ1v) is 6.87. The molecule has 0 amide bonds. The fraction of sp³-hybridized carbons (Fsp3) is 1.00. The van der Waals surface area contributed by atoms with Crippen molar-refractivity contribution < 1.29 is 0 Å². The van der Waals surface area contributed by atoms with Gasteiger partial charge < -0.3 is 10.2 Å². The Balaban J connectivity index is 1.76. The lowest BCUT2D eigenvalue weighted by Gasteiger charge is -2.55. The normalized spacial score (nSPS) is 43.5. The first kappa shape index (κ1) is 11.0. The Kier molecular flexibility index (Phi) is 2.73. The van der Waals surface area contributed by atoms with Crippen LogP contribution in [0.1, 0.15) is 26.7 Å². The fourth-order valence-electron chi connectivity index (χ4n) is 3.90. The molecule has 3 heteroatoms. The third-order valence-corrected chi connectivity index (χ3v) is 4.89. The van der Waals surface area contributed by atoms with Crippen LogP contribution in [0.3, 0.4) is 0 Å². The molecule has 0 aromatic rings. The number of fused-ring (bicyclic) bond motifs is 3. The monoisotopic (exact) mass is 223 g/mol. The summed E-state index contributed by atoms with van der Waals surface area (Å²) in [5.74, 6) is 0.974. The molecule has 0 aliphatic carbocycles. The van der Waals surface area contributed by atoms with Crippen molar-refractivity contribution in [1.82, 2.24) is 15.1 Å². The summed E-state index contributed by atoms with van der Waals surface area (Å²) in [7, 11) is 0. The van der Waals surface area contributed by atoms with E-state index in [1.165, 1.54) is 45.6 Å². The van der Waals surface area contributed by atoms with Gasteiger partial charge in [-0.3, -0.25) is 4.90 Å². The zero-order valence-corrected chi connectivity index (χ0v) is 10.7. The molecule has 4 rings (SSSR count). The maximum absolute atomic E-state index is 3.53. The van der Waals surface area contributed by atoms with Gasteiger partial charge in [0.15, 0.2) is 0 Å². The average Bonchev–Trinajstić information content (AvgIpc) is 2.30. The molecule has 16 heavy (non-hydrogen) atoms. The van der Waals surface area contributed by atoms with Gasteiger partial charge in [-0.15, -0.1) is 0 Å². The summed E-state index contributed by atoms with van der Waals surface area (Å²) in [6.45, 7) is 12.4. The first-order chi connectivity index (χ1) is 7.67. The SMILES string of the molecule is CC1(C)CNCCN1C1CN2CCC1CC2. The second kappa shape index (κ2) is 3.97. The van der Waals surface area contributed by atoms with Gasteiger partial charge in [-0.1, -0.05) is 0 Å². The van der Waals surface area contributed by atoms with E-state index >= 15 is 0 Å². The summed E-state index contributed by atoms with van der Waals surface area (Å²) in [5.41, 5.74) is 0.349. The molecule has 0 spiro atoms. The van der Waals surface area contributed by atoms with E-state index in [4.69, 9.17) is 0 Å². The Hall–Kier alpha value is -0.120. The van der Waals surface area contributed by atoms with Crippen LogP contribution < -0.4 is 5.32 Å². The predicted molar refractivity (Wildman–Crippen MR) is 66.6 cm³/mol. The maximum atomic E-state index is 3.53. The topological polar surface area (TPSA) is 18.5 Å². The van der Waals surface area contributed by atoms with Gasteiger partial charge in [0.2, 0.25) is 0 Å². The zero-order chi connectivity index (χ0) is 11.2. The highest BCUT2D eigenvalue weighted by atomic mass is 15.3. The number of hydrogen-bond donors (Lipinski definition) is 1. The van der Waals surface area contributed by atoms with Crippen molar-refractivity contribution >= 4 is 0 Å². The first-order valence-electron chi connectivity index (χ1n) is 6.87. The van der Waals surface area contributed by atoms with Gasteiger partial charge in [0, 0.05) is 37.8 Å². The second-order valence-electron chi connectivity index (χ2n) is 6.39. The Morgan fingerprint density at radius 3 is 2.44 bits per heavy atom. The molecular weight excluding hydrogens is 198 g/mol. The highest BCUT2D eigenvalue weighted by Crippen LogP contribution is 2.34. The molecule has 4 aliphatic rings. The molecule has 4 saturated heterocycles. The van der Waals surface area contributed by atoms with Crippen molar-refractivity contribution in [3.63, 3.8) is 0 Å². The number of nitrogens with zero attached hydrogens (tertiary/aromatic N) is 2. The molecule has 0 aromatic carbocycles. The van der Waals surface area contributed by atoms with E-state index in [9.17, 15) is 0 Å². The molecule has 4 heterocycles. The molecule has 4 fully saturated rings. The van der Waals surface area contributed by atoms with Crippen molar-refractivity contribution in [2.24, 2.45) is 5.92 Å². The van der Waals surface area contributed by atoms with E-state index < -0.39 is 0 Å². The van der Waals surface area contributed by atoms with Gasteiger partial charge in [-0.25, -0.2) is 0 Å². The quantitative estimate of drug-likeness (QED) is 0.708. The Morgan fingerprint density at radius 2 is 1.88 bits per heavy atom. The molecular formula is C13H25N3. The molecule has 3 nitrogen and oxygen atoms in total. The Labute approximate surface area is 99.2 Å². The van der Waals surface area contributed by atoms with Crippen molar-refractivity contribution in [3.8, 4) is 0 Å². The van der Waals surface area contributed by atoms with Crippen LogP contribution in [-0.4, -0.2) is 60.6 Å². The van der Waals surface area contributed by atoms with Crippen LogP contribution in [0.25, 0.3) is 0 Å². The molecule has 0 radical (unpaired) electrons. The minimum absolute atomic E-state index is 0.349. The molecule has 1 unspecified atom stereocenters. The van der Waals surface area contributed by atoms with Gasteiger partial charge in [0.25, 0.3) is 0 Å². The summed E-state index contributed by atoms with van der Waals surface area (Å²) in [6, 6.07) is 0.833. The van der Waals surface area contributed by atoms with Crippen LogP contribution in [0.5, 0.6) is 0 Å². The van der Waals surface area contributed by atoms with Crippen LogP contribution in [0.15, 0.2) is 0 Å². The molecule has 1 N–H and O–H groups in total. The average molecular weight is 223 g/mol. The number of rotatable bonds is 1. The number of piperidine rings is 3. The van der Waals surface area contributed by atoms with Crippen LogP contribution in [-0.2, 0) is 0 Å². The van der Waals surface area contributed by atoms with Gasteiger partial charge in [-0.2, -0.15) is 0 Å². The third-order valence-electron chi connectivity index (χ3n) is 4.89. The van der Waals surface area contributed by atoms with E-state index in [1.54, 1.807) is 0 Å². The highest BCUT2D eigenvalue weighted by molar-refractivity contribution is 4.99. The number of piperazine rings is 1. The lowest BCUT2D eigenvalue weighted by molar-refractivity contribution is -0.0487. The molecule has 4 aliphatic heterocycles. The summed E-state index contributed by atoms with van der Waals surface area (Å²) in [4.78, 5) is 5.46. The van der Waals surface area contributed by atoms with Crippen molar-refractivity contribution in [2.75, 3.05) is 39.3 Å². The van der Waals surface area contributed by atoms with E-state index in [0.717, 1.165) is 18.5 Å². The van der Waals surface area contributed by atoms with Crippen LogP contribution in [0, 0.1) is 5.92 Å². The summed E-state index contributed by atoms with van der Waals surface area (Å²) in [5, 5.41) is 3.53. The van der Waals surface area contributed by atoms with Gasteiger partial charge in [-0.05, 0) is 45.7 Å². The molecule has 0 saturated carbocycles. The second-order valence-corrected chi connectivity index (χ2v) is 6.39. The van der Waals surface area contributed by atoms with Crippen LogP contribution >= 0.6 is 0 Å². The molecule has 1 atom stereocenters. The van der Waals surface area contributed by atoms with E-state index in [0.29, 0.717) is 5.54 Å². The number of hydrogen-bond acceptors (Lipinski definition) is 3. The summed E-state index contributed by atoms with van der Waals surface area (Å²) < 4.78 is 0. The molecule has 0 aromatic heterocycles. The van der Waals surface area contributed by atoms with E-state index in [1.807, 2.05) is 0 Å². The summed E-state index contributed by atoms with van der Waals surface area (Å²) >= 11 is 0. The standard InChI is InChI=1S/C13H25N3/c1-13(2)10-14-5-8-16(13)12-9-15-6-3-11(12)4-7-15/h11-12,14H,3-10H2,1-2H3. The number of nitrogens with one attached hydrogen (secondary N) is 1. The minimum atomic E-state index is 0.349. The van der Waals surface area contributed by atoms with Gasteiger partial charge in [0.05, 0.1) is 0 Å². The van der Waals surface area contributed by atoms with Crippen LogP contribution in [0.4, 0.5) is 0 Å². The third kappa shape index (κ3) is 1.79. The Bertz CT molecular complexity index is 256. The summed E-state index contributed by atoms with van der Waals surface area (Å²) in [6.07, 6.45) is 2.87. The molecule has 2 bridgehead atoms. The lowest BCUT2D eigenvalue weighted by atomic mass is 9.80. The predicted octanol–water partition coefficient (Wildman–Crippen LogP) is 0.764. The van der Waals surface area contributed by atoms with E-state index in [2.05, 4.69) is 29.0 Å². The van der Waals surface area contributed by atoms with E-state index in [-0.39, 0.29) is 0 Å². The Morgan fingerprint density at radius 1 is 1.12 bits per heavy atom. The van der Waals surface area contributed by atoms with Crippen molar-refractivity contribution in [3.05, 3.63) is 0 Å². The van der Waals surface area contributed by atoms with Crippen molar-refractivity contribution in [1.29, 1.82) is 0 Å². The highest BCUT2D eigenvalue weighted by Gasteiger charge is 2.42. The van der Waals surface area contributed by atoms with Crippen LogP contribution in [0.2, 0.25) is 0 Å². The van der Waals surface area contributed by atoms with Gasteiger partial charge in [0.1, 0.15) is 0 Å². The fourth-order valence-corrected chi connectivity index (χ4v) is 3.90. The largest absolute Gasteiger partial charge is 0.314 e. The lowest BCUT2D eigenvalue weighted by Crippen LogP contribution is -2.67. The zero-order valence-electron chi connectivity index (χ0n) is 10.7. The van der Waals surface area contributed by atoms with Crippen molar-refractivity contribution in [2.45, 2.75) is 38.3 Å². The maximum Gasteiger partial charge on any atom is 0.0281 e.